The number of benzene rings is 1. The number of rotatable bonds is 6. The second-order valence-electron chi connectivity index (χ2n) is 3.46. The lowest BCUT2D eigenvalue weighted by Crippen LogP contribution is -2.17. The van der Waals surface area contributed by atoms with E-state index in [1.165, 1.54) is 0 Å². The number of nitro groups is 1. The summed E-state index contributed by atoms with van der Waals surface area (Å²) in [5.74, 6) is -1.87. The second kappa shape index (κ2) is 5.48. The number of anilines is 1. The first-order chi connectivity index (χ1) is 8.76. The van der Waals surface area contributed by atoms with Crippen molar-refractivity contribution < 1.29 is 23.2 Å². The third-order valence-electron chi connectivity index (χ3n) is 2.05. The summed E-state index contributed by atoms with van der Waals surface area (Å²) < 4.78 is 25.0. The molecule has 9 heteroatoms. The van der Waals surface area contributed by atoms with E-state index >= 15 is 0 Å². The van der Waals surface area contributed by atoms with E-state index < -0.39 is 37.9 Å². The van der Waals surface area contributed by atoms with E-state index in [4.69, 9.17) is 5.11 Å². The van der Waals surface area contributed by atoms with Crippen molar-refractivity contribution in [3.05, 3.63) is 46.5 Å². The van der Waals surface area contributed by atoms with Gasteiger partial charge >= 0.3 is 5.97 Å². The molecule has 0 saturated carbocycles. The molecular weight excluding hydrogens is 276 g/mol. The van der Waals surface area contributed by atoms with Gasteiger partial charge in [0.15, 0.2) is 0 Å². The molecule has 0 unspecified atom stereocenters. The van der Waals surface area contributed by atoms with Crippen LogP contribution < -0.4 is 4.72 Å². The third-order valence-corrected chi connectivity index (χ3v) is 3.25. The summed E-state index contributed by atoms with van der Waals surface area (Å²) in [6.45, 7) is 3.26. The molecule has 0 aliphatic heterocycles. The highest BCUT2D eigenvalue weighted by Gasteiger charge is 2.19. The molecule has 0 spiro atoms. The monoisotopic (exact) mass is 286 g/mol. The number of carbonyl (C=O) groups is 1. The van der Waals surface area contributed by atoms with Crippen LogP contribution in [0.1, 0.15) is 10.4 Å². The Balaban J connectivity index is 3.25. The van der Waals surface area contributed by atoms with Crippen molar-refractivity contribution in [2.45, 2.75) is 0 Å². The van der Waals surface area contributed by atoms with Crippen molar-refractivity contribution in [3.8, 4) is 0 Å². The fourth-order valence-corrected chi connectivity index (χ4v) is 2.18. The topological polar surface area (TPSA) is 127 Å². The molecule has 0 fully saturated rings. The Bertz CT molecular complexity index is 637. The molecule has 0 bridgehead atoms. The van der Waals surface area contributed by atoms with Gasteiger partial charge in [-0.3, -0.25) is 14.8 Å². The Hall–Kier alpha value is -2.42. The van der Waals surface area contributed by atoms with Gasteiger partial charge in [0.1, 0.15) is 0 Å². The SMILES string of the molecule is C=CCS(=O)(=O)Nc1ccc([N+](=O)[O-])cc1C(=O)O. The molecule has 1 rings (SSSR count). The van der Waals surface area contributed by atoms with Gasteiger partial charge in [-0.1, -0.05) is 6.08 Å². The Morgan fingerprint density at radius 3 is 2.63 bits per heavy atom. The molecule has 2 N–H and O–H groups in total. The van der Waals surface area contributed by atoms with E-state index in [0.717, 1.165) is 24.3 Å². The van der Waals surface area contributed by atoms with Crippen LogP contribution in [0.4, 0.5) is 11.4 Å². The van der Waals surface area contributed by atoms with E-state index in [2.05, 4.69) is 6.58 Å². The Morgan fingerprint density at radius 1 is 1.53 bits per heavy atom. The zero-order chi connectivity index (χ0) is 14.6. The van der Waals surface area contributed by atoms with Gasteiger partial charge in [-0.05, 0) is 6.07 Å². The number of hydrogen-bond acceptors (Lipinski definition) is 5. The number of aromatic carboxylic acids is 1. The van der Waals surface area contributed by atoms with Gasteiger partial charge in [0.05, 0.1) is 21.9 Å². The molecule has 0 aliphatic carbocycles. The maximum absolute atomic E-state index is 11.5. The smallest absolute Gasteiger partial charge is 0.338 e. The van der Waals surface area contributed by atoms with Crippen molar-refractivity contribution in [1.29, 1.82) is 0 Å². The Morgan fingerprint density at radius 2 is 2.16 bits per heavy atom. The highest BCUT2D eigenvalue weighted by Crippen LogP contribution is 2.23. The van der Waals surface area contributed by atoms with E-state index in [-0.39, 0.29) is 5.69 Å². The van der Waals surface area contributed by atoms with E-state index in [1.54, 1.807) is 0 Å². The van der Waals surface area contributed by atoms with Crippen LogP contribution in [0.5, 0.6) is 0 Å². The van der Waals surface area contributed by atoms with Gasteiger partial charge in [-0.2, -0.15) is 0 Å². The van der Waals surface area contributed by atoms with E-state index in [1.807, 2.05) is 4.72 Å². The second-order valence-corrected chi connectivity index (χ2v) is 5.23. The minimum absolute atomic E-state index is 0.236. The van der Waals surface area contributed by atoms with Crippen molar-refractivity contribution in [1.82, 2.24) is 0 Å². The zero-order valence-electron chi connectivity index (χ0n) is 9.57. The first-order valence-electron chi connectivity index (χ1n) is 4.90. The van der Waals surface area contributed by atoms with Gasteiger partial charge in [0, 0.05) is 12.1 Å². The minimum atomic E-state index is -3.78. The average molecular weight is 286 g/mol. The lowest BCUT2D eigenvalue weighted by molar-refractivity contribution is -0.384. The number of carboxylic acid groups (broad SMARTS) is 1. The molecule has 0 radical (unpaired) electrons. The van der Waals surface area contributed by atoms with E-state index in [9.17, 15) is 23.3 Å². The largest absolute Gasteiger partial charge is 0.478 e. The molecule has 0 aliphatic rings. The lowest BCUT2D eigenvalue weighted by Gasteiger charge is -2.08. The van der Waals surface area contributed by atoms with Crippen LogP contribution in [0.25, 0.3) is 0 Å². The number of non-ortho nitro benzene ring substituents is 1. The number of carboxylic acids is 1. The normalized spacial score (nSPS) is 10.7. The first-order valence-corrected chi connectivity index (χ1v) is 6.55. The number of nitrogens with zero attached hydrogens (tertiary/aromatic N) is 1. The fourth-order valence-electron chi connectivity index (χ4n) is 1.28. The summed E-state index contributed by atoms with van der Waals surface area (Å²) >= 11 is 0. The summed E-state index contributed by atoms with van der Waals surface area (Å²) in [6, 6.07) is 2.83. The highest BCUT2D eigenvalue weighted by atomic mass is 32.2. The van der Waals surface area contributed by atoms with Crippen LogP contribution >= 0.6 is 0 Å². The molecule has 1 aromatic rings. The Kier molecular flexibility index (Phi) is 4.22. The lowest BCUT2D eigenvalue weighted by atomic mass is 10.1. The summed E-state index contributed by atoms with van der Waals surface area (Å²) in [6.07, 6.45) is 1.13. The van der Waals surface area contributed by atoms with Crippen LogP contribution in [-0.4, -0.2) is 30.2 Å². The quantitative estimate of drug-likeness (QED) is 0.460. The van der Waals surface area contributed by atoms with Crippen LogP contribution in [0.2, 0.25) is 0 Å². The number of hydrogen-bond donors (Lipinski definition) is 2. The molecule has 102 valence electrons. The molecule has 0 amide bonds. The van der Waals surface area contributed by atoms with Gasteiger partial charge in [-0.15, -0.1) is 6.58 Å². The molecule has 19 heavy (non-hydrogen) atoms. The fraction of sp³-hybridized carbons (Fsp3) is 0.100. The molecular formula is C10H10N2O6S. The minimum Gasteiger partial charge on any atom is -0.478 e. The summed E-state index contributed by atoms with van der Waals surface area (Å²) in [4.78, 5) is 20.7. The summed E-state index contributed by atoms with van der Waals surface area (Å²) in [5, 5.41) is 19.5. The van der Waals surface area contributed by atoms with Crippen molar-refractivity contribution in [3.63, 3.8) is 0 Å². The summed E-state index contributed by atoms with van der Waals surface area (Å²) in [7, 11) is -3.78. The number of sulfonamides is 1. The standard InChI is InChI=1S/C10H10N2O6S/c1-2-5-19(17,18)11-9-4-3-7(12(15)16)6-8(9)10(13)14/h2-4,6,11H,1,5H2,(H,13,14). The predicted octanol–water partition coefficient (Wildman–Crippen LogP) is 1.22. The molecule has 0 aromatic heterocycles. The predicted molar refractivity (Wildman–Crippen MR) is 67.7 cm³/mol. The molecule has 1 aromatic carbocycles. The zero-order valence-corrected chi connectivity index (χ0v) is 10.4. The number of nitro benzene ring substituents is 1. The first kappa shape index (κ1) is 14.6. The Labute approximate surface area is 108 Å². The van der Waals surface area contributed by atoms with Crippen LogP contribution in [0.3, 0.4) is 0 Å². The van der Waals surface area contributed by atoms with E-state index in [0.29, 0.717) is 0 Å². The van der Waals surface area contributed by atoms with Crippen LogP contribution in [0, 0.1) is 10.1 Å². The molecule has 0 atom stereocenters. The van der Waals surface area contributed by atoms with Crippen LogP contribution in [-0.2, 0) is 10.0 Å². The van der Waals surface area contributed by atoms with Crippen molar-refractivity contribution in [2.75, 3.05) is 10.5 Å². The van der Waals surface area contributed by atoms with Crippen LogP contribution in [0.15, 0.2) is 30.9 Å². The molecule has 0 saturated heterocycles. The molecule has 0 heterocycles. The maximum atomic E-state index is 11.5. The maximum Gasteiger partial charge on any atom is 0.338 e. The molecule has 8 nitrogen and oxygen atoms in total. The van der Waals surface area contributed by atoms with Crippen molar-refractivity contribution >= 4 is 27.4 Å². The van der Waals surface area contributed by atoms with Gasteiger partial charge < -0.3 is 5.11 Å². The van der Waals surface area contributed by atoms with Crippen molar-refractivity contribution in [2.24, 2.45) is 0 Å². The van der Waals surface area contributed by atoms with Gasteiger partial charge in [-0.25, -0.2) is 13.2 Å². The van der Waals surface area contributed by atoms with Gasteiger partial charge in [0.25, 0.3) is 5.69 Å². The average Bonchev–Trinajstić information content (AvgIpc) is 2.27. The highest BCUT2D eigenvalue weighted by molar-refractivity contribution is 7.92. The number of nitrogens with one attached hydrogen (secondary N) is 1. The third kappa shape index (κ3) is 3.78. The van der Waals surface area contributed by atoms with Gasteiger partial charge in [0.2, 0.25) is 10.0 Å². The summed E-state index contributed by atoms with van der Waals surface area (Å²) in [5.41, 5.74) is -1.18.